The zero-order valence-electron chi connectivity index (χ0n) is 18.2. The fraction of sp³-hybridized carbons (Fsp3) is 0.440. The Balaban J connectivity index is 1.20. The van der Waals surface area contributed by atoms with Crippen molar-refractivity contribution in [2.75, 3.05) is 0 Å². The molecule has 152 valence electrons. The normalized spacial score (nSPS) is 11.7. The van der Waals surface area contributed by atoms with Gasteiger partial charge in [0.05, 0.1) is 22.1 Å². The molecular weight excluding hydrogens is 356 g/mol. The van der Waals surface area contributed by atoms with Gasteiger partial charge in [-0.05, 0) is 74.9 Å². The number of hydrogen-bond donors (Lipinski definition) is 2. The number of nitrogens with zero attached hydrogens (tertiary/aromatic N) is 2. The molecule has 0 amide bonds. The Morgan fingerprint density at radius 1 is 0.586 bits per heavy atom. The Morgan fingerprint density at radius 3 is 1.45 bits per heavy atom. The van der Waals surface area contributed by atoms with E-state index in [-0.39, 0.29) is 0 Å². The molecule has 0 aliphatic carbocycles. The second-order valence-electron chi connectivity index (χ2n) is 8.44. The number of hydrogen-bond acceptors (Lipinski definition) is 2. The molecule has 4 aromatic rings. The van der Waals surface area contributed by atoms with E-state index < -0.39 is 0 Å². The van der Waals surface area contributed by atoms with Crippen LogP contribution in [0.2, 0.25) is 0 Å². The van der Waals surface area contributed by atoms with Crippen molar-refractivity contribution in [2.45, 2.75) is 72.6 Å². The van der Waals surface area contributed by atoms with Gasteiger partial charge in [0.2, 0.25) is 0 Å². The SMILES string of the molecule is Cc1ccc2[nH]c(CCCCCCCc3nc4c(C)c(C)ccc4[nH]3)nc2c1C. The van der Waals surface area contributed by atoms with Crippen molar-refractivity contribution in [3.8, 4) is 0 Å². The summed E-state index contributed by atoms with van der Waals surface area (Å²) in [5.74, 6) is 2.25. The van der Waals surface area contributed by atoms with E-state index in [0.717, 1.165) is 35.5 Å². The molecule has 4 nitrogen and oxygen atoms in total. The van der Waals surface area contributed by atoms with Crippen molar-refractivity contribution < 1.29 is 0 Å². The van der Waals surface area contributed by atoms with Gasteiger partial charge in [0.25, 0.3) is 0 Å². The summed E-state index contributed by atoms with van der Waals surface area (Å²) in [7, 11) is 0. The zero-order chi connectivity index (χ0) is 20.4. The molecule has 0 spiro atoms. The van der Waals surface area contributed by atoms with E-state index in [0.29, 0.717) is 0 Å². The van der Waals surface area contributed by atoms with Crippen LogP contribution in [-0.2, 0) is 12.8 Å². The van der Waals surface area contributed by atoms with Crippen LogP contribution in [0.15, 0.2) is 24.3 Å². The number of unbranched alkanes of at least 4 members (excludes halogenated alkanes) is 4. The van der Waals surface area contributed by atoms with Gasteiger partial charge in [0.1, 0.15) is 11.6 Å². The Bertz CT molecular complexity index is 1040. The summed E-state index contributed by atoms with van der Waals surface area (Å²) in [6, 6.07) is 8.64. The van der Waals surface area contributed by atoms with Crippen molar-refractivity contribution in [1.82, 2.24) is 19.9 Å². The number of fused-ring (bicyclic) bond motifs is 2. The van der Waals surface area contributed by atoms with Crippen LogP contribution in [0.3, 0.4) is 0 Å². The number of imidazole rings is 2. The molecular formula is C25H32N4. The van der Waals surface area contributed by atoms with Gasteiger partial charge < -0.3 is 9.97 Å². The molecule has 0 atom stereocenters. The van der Waals surface area contributed by atoms with E-state index in [1.165, 1.54) is 65.4 Å². The molecule has 0 fully saturated rings. The highest BCUT2D eigenvalue weighted by molar-refractivity contribution is 5.80. The predicted octanol–water partition coefficient (Wildman–Crippen LogP) is 6.41. The van der Waals surface area contributed by atoms with Crippen LogP contribution in [0.4, 0.5) is 0 Å². The van der Waals surface area contributed by atoms with Crippen LogP contribution in [0, 0.1) is 27.7 Å². The standard InChI is InChI=1S/C25H32N4/c1-16-12-14-20-24(18(16)3)28-22(26-20)10-8-6-5-7-9-11-23-27-21-15-13-17(2)19(4)25(21)29-23/h12-15H,5-11H2,1-4H3,(H,26,28)(H,27,29). The third-order valence-corrected chi connectivity index (χ3v) is 6.28. The smallest absolute Gasteiger partial charge is 0.107 e. The molecule has 0 saturated heterocycles. The lowest BCUT2D eigenvalue weighted by molar-refractivity contribution is 0.603. The maximum Gasteiger partial charge on any atom is 0.107 e. The van der Waals surface area contributed by atoms with Gasteiger partial charge in [-0.15, -0.1) is 0 Å². The van der Waals surface area contributed by atoms with Crippen molar-refractivity contribution in [3.05, 3.63) is 58.2 Å². The number of aromatic amines is 2. The van der Waals surface area contributed by atoms with Gasteiger partial charge >= 0.3 is 0 Å². The van der Waals surface area contributed by atoms with Crippen LogP contribution in [0.5, 0.6) is 0 Å². The minimum atomic E-state index is 1.04. The summed E-state index contributed by atoms with van der Waals surface area (Å²) in [6.45, 7) is 8.62. The maximum absolute atomic E-state index is 4.81. The average Bonchev–Trinajstić information content (AvgIpc) is 3.31. The zero-order valence-corrected chi connectivity index (χ0v) is 18.2. The molecule has 2 heterocycles. The lowest BCUT2D eigenvalue weighted by atomic mass is 10.1. The van der Waals surface area contributed by atoms with Crippen LogP contribution in [0.1, 0.15) is 66.0 Å². The lowest BCUT2D eigenvalue weighted by Gasteiger charge is -2.00. The third kappa shape index (κ3) is 4.21. The number of H-pyrrole nitrogens is 2. The monoisotopic (exact) mass is 388 g/mol. The predicted molar refractivity (Wildman–Crippen MR) is 122 cm³/mol. The molecule has 2 N–H and O–H groups in total. The van der Waals surface area contributed by atoms with Gasteiger partial charge in [-0.2, -0.15) is 0 Å². The van der Waals surface area contributed by atoms with Crippen molar-refractivity contribution in [3.63, 3.8) is 0 Å². The average molecular weight is 389 g/mol. The van der Waals surface area contributed by atoms with Crippen molar-refractivity contribution >= 4 is 22.1 Å². The van der Waals surface area contributed by atoms with E-state index in [2.05, 4.69) is 61.9 Å². The number of rotatable bonds is 8. The van der Waals surface area contributed by atoms with Gasteiger partial charge in [-0.3, -0.25) is 0 Å². The Labute approximate surface area is 173 Å². The minimum absolute atomic E-state index is 1.04. The highest BCUT2D eigenvalue weighted by atomic mass is 14.9. The molecule has 0 aliphatic rings. The molecule has 0 aliphatic heterocycles. The summed E-state index contributed by atoms with van der Waals surface area (Å²) in [5.41, 5.74) is 9.81. The first-order valence-corrected chi connectivity index (χ1v) is 10.9. The highest BCUT2D eigenvalue weighted by Crippen LogP contribution is 2.21. The Kier molecular flexibility index (Phi) is 5.70. The first-order chi connectivity index (χ1) is 14.0. The lowest BCUT2D eigenvalue weighted by Crippen LogP contribution is -1.91. The molecule has 4 rings (SSSR count). The molecule has 4 heteroatoms. The molecule has 2 aromatic carbocycles. The summed E-state index contributed by atoms with van der Waals surface area (Å²) in [6.07, 6.45) is 8.25. The van der Waals surface area contributed by atoms with Gasteiger partial charge in [-0.25, -0.2) is 9.97 Å². The van der Waals surface area contributed by atoms with Crippen LogP contribution in [-0.4, -0.2) is 19.9 Å². The third-order valence-electron chi connectivity index (χ3n) is 6.28. The fourth-order valence-electron chi connectivity index (χ4n) is 4.08. The van der Waals surface area contributed by atoms with Crippen molar-refractivity contribution in [1.29, 1.82) is 0 Å². The maximum atomic E-state index is 4.81. The van der Waals surface area contributed by atoms with Crippen LogP contribution < -0.4 is 0 Å². The number of benzene rings is 2. The molecule has 0 saturated carbocycles. The molecule has 2 aromatic heterocycles. The van der Waals surface area contributed by atoms with E-state index in [9.17, 15) is 0 Å². The highest BCUT2D eigenvalue weighted by Gasteiger charge is 2.08. The summed E-state index contributed by atoms with van der Waals surface area (Å²) in [5, 5.41) is 0. The van der Waals surface area contributed by atoms with Gasteiger partial charge in [0, 0.05) is 12.8 Å². The molecule has 0 radical (unpaired) electrons. The number of aromatic nitrogens is 4. The largest absolute Gasteiger partial charge is 0.342 e. The molecule has 29 heavy (non-hydrogen) atoms. The molecule has 0 unspecified atom stereocenters. The summed E-state index contributed by atoms with van der Waals surface area (Å²) in [4.78, 5) is 16.6. The van der Waals surface area contributed by atoms with E-state index in [1.54, 1.807) is 0 Å². The van der Waals surface area contributed by atoms with E-state index in [1.807, 2.05) is 0 Å². The van der Waals surface area contributed by atoms with Crippen LogP contribution >= 0.6 is 0 Å². The van der Waals surface area contributed by atoms with E-state index >= 15 is 0 Å². The first kappa shape index (κ1) is 19.7. The van der Waals surface area contributed by atoms with E-state index in [4.69, 9.17) is 9.97 Å². The second-order valence-corrected chi connectivity index (χ2v) is 8.44. The quantitative estimate of drug-likeness (QED) is 0.343. The molecule has 0 bridgehead atoms. The second kappa shape index (κ2) is 8.40. The Morgan fingerprint density at radius 2 is 1.00 bits per heavy atom. The van der Waals surface area contributed by atoms with Gasteiger partial charge in [0.15, 0.2) is 0 Å². The topological polar surface area (TPSA) is 57.4 Å². The first-order valence-electron chi connectivity index (χ1n) is 10.9. The minimum Gasteiger partial charge on any atom is -0.342 e. The van der Waals surface area contributed by atoms with Crippen molar-refractivity contribution in [2.24, 2.45) is 0 Å². The van der Waals surface area contributed by atoms with Crippen LogP contribution in [0.25, 0.3) is 22.1 Å². The fourth-order valence-corrected chi connectivity index (χ4v) is 4.08. The number of aryl methyl sites for hydroxylation is 6. The van der Waals surface area contributed by atoms with Gasteiger partial charge in [-0.1, -0.05) is 31.4 Å². The number of nitrogens with one attached hydrogen (secondary N) is 2. The summed E-state index contributed by atoms with van der Waals surface area (Å²) < 4.78 is 0. The summed E-state index contributed by atoms with van der Waals surface area (Å²) >= 11 is 0. The Hall–Kier alpha value is -2.62.